The molecule has 2 aromatic carbocycles. The van der Waals surface area contributed by atoms with Crippen molar-refractivity contribution in [3.63, 3.8) is 0 Å². The number of hydrogen-bond donors (Lipinski definition) is 2. The maximum atomic E-state index is 12.6. The Balaban J connectivity index is 2.06. The Bertz CT molecular complexity index is 973. The van der Waals surface area contributed by atoms with Gasteiger partial charge in [-0.05, 0) is 25.1 Å². The molecule has 3 aromatic rings. The number of fused-ring (bicyclic) bond motifs is 1. The average Bonchev–Trinajstić information content (AvgIpc) is 2.56. The van der Waals surface area contributed by atoms with Gasteiger partial charge in [0, 0.05) is 11.6 Å². The molecular weight excluding hydrogens is 312 g/mol. The van der Waals surface area contributed by atoms with Crippen LogP contribution in [0.5, 0.6) is 11.5 Å². The van der Waals surface area contributed by atoms with Gasteiger partial charge in [0.25, 0.3) is 0 Å². The molecule has 0 spiro atoms. The van der Waals surface area contributed by atoms with Crippen molar-refractivity contribution in [2.75, 3.05) is 0 Å². The summed E-state index contributed by atoms with van der Waals surface area (Å²) >= 11 is 0. The Morgan fingerprint density at radius 1 is 1.17 bits per heavy atom. The average molecular weight is 326 g/mol. The highest BCUT2D eigenvalue weighted by Gasteiger charge is 2.15. The molecule has 0 amide bonds. The van der Waals surface area contributed by atoms with Crippen LogP contribution < -0.4 is 10.2 Å². The zero-order valence-electron chi connectivity index (χ0n) is 12.7. The van der Waals surface area contributed by atoms with Crippen molar-refractivity contribution in [2.45, 2.75) is 13.0 Å². The van der Waals surface area contributed by atoms with E-state index < -0.39 is 12.1 Å². The first-order chi connectivity index (χ1) is 11.5. The molecule has 0 aliphatic heterocycles. The van der Waals surface area contributed by atoms with Crippen LogP contribution in [0.15, 0.2) is 57.9 Å². The first-order valence-corrected chi connectivity index (χ1v) is 7.21. The van der Waals surface area contributed by atoms with E-state index in [4.69, 9.17) is 14.3 Å². The molecule has 0 aliphatic rings. The van der Waals surface area contributed by atoms with Crippen LogP contribution in [0, 0.1) is 0 Å². The summed E-state index contributed by atoms with van der Waals surface area (Å²) in [5, 5.41) is 19.1. The number of carboxylic acids is 1. The Morgan fingerprint density at radius 3 is 2.62 bits per heavy atom. The van der Waals surface area contributed by atoms with Gasteiger partial charge in [0.15, 0.2) is 6.10 Å². The van der Waals surface area contributed by atoms with Crippen LogP contribution in [0.3, 0.4) is 0 Å². The van der Waals surface area contributed by atoms with Gasteiger partial charge in [0.2, 0.25) is 5.43 Å². The Morgan fingerprint density at radius 2 is 1.92 bits per heavy atom. The van der Waals surface area contributed by atoms with E-state index in [2.05, 4.69) is 0 Å². The van der Waals surface area contributed by atoms with Gasteiger partial charge in [-0.25, -0.2) is 4.79 Å². The van der Waals surface area contributed by atoms with Gasteiger partial charge in [-0.3, -0.25) is 4.79 Å². The fourth-order valence-electron chi connectivity index (χ4n) is 2.32. The van der Waals surface area contributed by atoms with Crippen molar-refractivity contribution in [2.24, 2.45) is 0 Å². The van der Waals surface area contributed by atoms with Crippen LogP contribution in [0.2, 0.25) is 0 Å². The first kappa shape index (κ1) is 15.6. The molecule has 24 heavy (non-hydrogen) atoms. The molecule has 0 bridgehead atoms. The molecule has 0 saturated heterocycles. The van der Waals surface area contributed by atoms with Crippen molar-refractivity contribution < 1.29 is 24.2 Å². The maximum Gasteiger partial charge on any atom is 0.344 e. The van der Waals surface area contributed by atoms with Gasteiger partial charge < -0.3 is 19.4 Å². The van der Waals surface area contributed by atoms with E-state index in [0.717, 1.165) is 0 Å². The molecule has 1 atom stereocenters. The summed E-state index contributed by atoms with van der Waals surface area (Å²) in [5.41, 5.74) is 0.603. The Hall–Kier alpha value is -3.28. The highest BCUT2D eigenvalue weighted by Crippen LogP contribution is 2.28. The molecule has 0 radical (unpaired) electrons. The van der Waals surface area contributed by atoms with Crippen LogP contribution in [0.1, 0.15) is 6.92 Å². The first-order valence-electron chi connectivity index (χ1n) is 7.21. The van der Waals surface area contributed by atoms with E-state index in [1.807, 2.05) is 0 Å². The molecule has 1 unspecified atom stereocenters. The molecule has 122 valence electrons. The van der Waals surface area contributed by atoms with Gasteiger partial charge in [-0.1, -0.05) is 18.2 Å². The van der Waals surface area contributed by atoms with Crippen molar-refractivity contribution in [3.8, 4) is 22.6 Å². The predicted octanol–water partition coefficient (Wildman–Crippen LogP) is 3.02. The van der Waals surface area contributed by atoms with Crippen LogP contribution in [-0.4, -0.2) is 22.3 Å². The minimum Gasteiger partial charge on any atom is -0.507 e. The van der Waals surface area contributed by atoms with Gasteiger partial charge in [0.1, 0.15) is 23.3 Å². The van der Waals surface area contributed by atoms with Crippen molar-refractivity contribution >= 4 is 16.9 Å². The monoisotopic (exact) mass is 326 g/mol. The molecule has 0 aliphatic carbocycles. The number of carboxylic acid groups (broad SMARTS) is 1. The lowest BCUT2D eigenvalue weighted by atomic mass is 10.0. The van der Waals surface area contributed by atoms with E-state index in [1.54, 1.807) is 18.2 Å². The van der Waals surface area contributed by atoms with Gasteiger partial charge in [-0.2, -0.15) is 0 Å². The number of benzene rings is 2. The number of para-hydroxylation sites is 1. The summed E-state index contributed by atoms with van der Waals surface area (Å²) in [7, 11) is 0. The fraction of sp³-hybridized carbons (Fsp3) is 0.111. The molecule has 2 N–H and O–H groups in total. The van der Waals surface area contributed by atoms with Crippen LogP contribution in [-0.2, 0) is 4.79 Å². The van der Waals surface area contributed by atoms with Gasteiger partial charge in [-0.15, -0.1) is 0 Å². The van der Waals surface area contributed by atoms with Crippen molar-refractivity contribution in [1.82, 2.24) is 0 Å². The third-order valence-electron chi connectivity index (χ3n) is 3.60. The summed E-state index contributed by atoms with van der Waals surface area (Å²) < 4.78 is 10.7. The topological polar surface area (TPSA) is 97.0 Å². The third kappa shape index (κ3) is 2.81. The lowest BCUT2D eigenvalue weighted by molar-refractivity contribution is -0.144. The molecule has 1 aromatic heterocycles. The molecule has 6 nitrogen and oxygen atoms in total. The number of aliphatic carboxylic acids is 1. The number of hydrogen-bond acceptors (Lipinski definition) is 5. The van der Waals surface area contributed by atoms with E-state index in [9.17, 15) is 14.7 Å². The van der Waals surface area contributed by atoms with Crippen LogP contribution in [0.4, 0.5) is 0 Å². The molecule has 6 heteroatoms. The van der Waals surface area contributed by atoms with E-state index in [0.29, 0.717) is 10.9 Å². The molecule has 1 heterocycles. The Kier molecular flexibility index (Phi) is 3.95. The summed E-state index contributed by atoms with van der Waals surface area (Å²) in [6.45, 7) is 1.41. The SMILES string of the molecule is CC(Oc1ccc2c(=O)c(-c3ccccc3O)coc2c1)C(=O)O. The molecule has 0 saturated carbocycles. The van der Waals surface area contributed by atoms with Gasteiger partial charge in [0.05, 0.1) is 10.9 Å². The summed E-state index contributed by atoms with van der Waals surface area (Å²) in [4.78, 5) is 23.4. The largest absolute Gasteiger partial charge is 0.507 e. The second kappa shape index (κ2) is 6.08. The standard InChI is InChI=1S/C18H14O6/c1-10(18(21)22)24-11-6-7-13-16(8-11)23-9-14(17(13)20)12-4-2-3-5-15(12)19/h2-10,19H,1H3,(H,21,22). The van der Waals surface area contributed by atoms with Gasteiger partial charge >= 0.3 is 5.97 Å². The maximum absolute atomic E-state index is 12.6. The highest BCUT2D eigenvalue weighted by molar-refractivity contribution is 5.84. The van der Waals surface area contributed by atoms with E-state index >= 15 is 0 Å². The number of phenols is 1. The van der Waals surface area contributed by atoms with E-state index in [1.165, 1.54) is 37.5 Å². The normalized spacial score (nSPS) is 12.0. The predicted molar refractivity (Wildman–Crippen MR) is 87.3 cm³/mol. The summed E-state index contributed by atoms with van der Waals surface area (Å²) in [6.07, 6.45) is 0.249. The second-order valence-electron chi connectivity index (χ2n) is 5.25. The molecular formula is C18H14O6. The minimum absolute atomic E-state index is 0.0145. The summed E-state index contributed by atoms with van der Waals surface area (Å²) in [6, 6.07) is 11.0. The Labute approximate surface area is 136 Å². The number of phenolic OH excluding ortho intramolecular Hbond substituents is 1. The fourth-order valence-corrected chi connectivity index (χ4v) is 2.32. The highest BCUT2D eigenvalue weighted by atomic mass is 16.5. The number of carbonyl (C=O) groups is 1. The zero-order chi connectivity index (χ0) is 17.3. The number of ether oxygens (including phenoxy) is 1. The number of aromatic hydroxyl groups is 1. The zero-order valence-corrected chi connectivity index (χ0v) is 12.7. The van der Waals surface area contributed by atoms with Crippen LogP contribution in [0.25, 0.3) is 22.1 Å². The molecule has 0 fully saturated rings. The second-order valence-corrected chi connectivity index (χ2v) is 5.25. The summed E-state index contributed by atoms with van der Waals surface area (Å²) in [5.74, 6) is -0.818. The lowest BCUT2D eigenvalue weighted by Gasteiger charge is -2.11. The minimum atomic E-state index is -1.09. The third-order valence-corrected chi connectivity index (χ3v) is 3.60. The van der Waals surface area contributed by atoms with Crippen molar-refractivity contribution in [1.29, 1.82) is 0 Å². The number of rotatable bonds is 4. The molecule has 3 rings (SSSR count). The van der Waals surface area contributed by atoms with E-state index in [-0.39, 0.29) is 28.1 Å². The quantitative estimate of drug-likeness (QED) is 0.765. The smallest absolute Gasteiger partial charge is 0.344 e. The van der Waals surface area contributed by atoms with Crippen molar-refractivity contribution in [3.05, 3.63) is 59.0 Å². The van der Waals surface area contributed by atoms with Crippen LogP contribution >= 0.6 is 0 Å². The lowest BCUT2D eigenvalue weighted by Crippen LogP contribution is -2.22.